The fourth-order valence-electron chi connectivity index (χ4n) is 7.63. The highest BCUT2D eigenvalue weighted by Gasteiger charge is 2.39. The first-order valence-corrected chi connectivity index (χ1v) is 14.0. The van der Waals surface area contributed by atoms with Gasteiger partial charge in [0.1, 0.15) is 0 Å². The van der Waals surface area contributed by atoms with Crippen LogP contribution in [-0.2, 0) is 0 Å². The molecule has 0 radical (unpaired) electrons. The summed E-state index contributed by atoms with van der Waals surface area (Å²) in [7, 11) is 0. The van der Waals surface area contributed by atoms with Crippen molar-refractivity contribution in [3.63, 3.8) is 0 Å². The molecule has 0 amide bonds. The number of rotatable bonds is 8. The molecule has 180 valence electrons. The maximum atomic E-state index is 14.5. The van der Waals surface area contributed by atoms with Crippen LogP contribution in [0.4, 0.5) is 8.78 Å². The molecule has 0 bridgehead atoms. The SMILES string of the molecule is CCCCCCCC1CCC2CC(C3CCC(c4ccc(C)c(F)c4F)CC3)CCC2C1. The Hall–Kier alpha value is -0.920. The van der Waals surface area contributed by atoms with Gasteiger partial charge in [-0.05, 0) is 111 Å². The first-order chi connectivity index (χ1) is 15.6. The molecule has 4 unspecified atom stereocenters. The van der Waals surface area contributed by atoms with Gasteiger partial charge < -0.3 is 0 Å². The summed E-state index contributed by atoms with van der Waals surface area (Å²) in [6.45, 7) is 3.95. The first kappa shape index (κ1) is 24.2. The molecule has 3 fully saturated rings. The Balaban J connectivity index is 1.21. The predicted molar refractivity (Wildman–Crippen MR) is 131 cm³/mol. The summed E-state index contributed by atoms with van der Waals surface area (Å²) in [6, 6.07) is 3.59. The normalized spacial score (nSPS) is 33.1. The lowest BCUT2D eigenvalue weighted by atomic mass is 9.60. The van der Waals surface area contributed by atoms with Crippen molar-refractivity contribution in [3.8, 4) is 0 Å². The van der Waals surface area contributed by atoms with Crippen molar-refractivity contribution in [1.29, 1.82) is 0 Å². The summed E-state index contributed by atoms with van der Waals surface area (Å²) < 4.78 is 28.5. The third-order valence-corrected chi connectivity index (χ3v) is 9.66. The predicted octanol–water partition coefficient (Wildman–Crippen LogP) is 9.74. The van der Waals surface area contributed by atoms with Crippen molar-refractivity contribution in [2.75, 3.05) is 0 Å². The smallest absolute Gasteiger partial charge is 0.162 e. The number of hydrogen-bond acceptors (Lipinski definition) is 0. The third-order valence-electron chi connectivity index (χ3n) is 9.66. The molecule has 0 aromatic heterocycles. The maximum Gasteiger partial charge on any atom is 0.162 e. The molecule has 4 atom stereocenters. The summed E-state index contributed by atoms with van der Waals surface area (Å²) in [5.41, 5.74) is 1.05. The zero-order valence-electron chi connectivity index (χ0n) is 20.7. The highest BCUT2D eigenvalue weighted by molar-refractivity contribution is 5.28. The minimum Gasteiger partial charge on any atom is -0.203 e. The Morgan fingerprint density at radius 3 is 2.06 bits per heavy atom. The van der Waals surface area contributed by atoms with E-state index >= 15 is 0 Å². The quantitative estimate of drug-likeness (QED) is 0.350. The van der Waals surface area contributed by atoms with Gasteiger partial charge in [0.15, 0.2) is 11.6 Å². The molecule has 2 heteroatoms. The highest BCUT2D eigenvalue weighted by Crippen LogP contribution is 2.50. The number of aryl methyl sites for hydroxylation is 1. The molecule has 3 aliphatic carbocycles. The lowest BCUT2D eigenvalue weighted by Crippen LogP contribution is -2.34. The average molecular weight is 445 g/mol. The second-order valence-electron chi connectivity index (χ2n) is 11.7. The van der Waals surface area contributed by atoms with Crippen molar-refractivity contribution in [1.82, 2.24) is 0 Å². The van der Waals surface area contributed by atoms with Gasteiger partial charge in [-0.1, -0.05) is 64.0 Å². The van der Waals surface area contributed by atoms with E-state index in [1.54, 1.807) is 13.0 Å². The minimum absolute atomic E-state index is 0.213. The van der Waals surface area contributed by atoms with E-state index in [1.807, 2.05) is 6.07 Å². The van der Waals surface area contributed by atoms with Gasteiger partial charge >= 0.3 is 0 Å². The molecule has 0 saturated heterocycles. The molecule has 0 spiro atoms. The topological polar surface area (TPSA) is 0 Å². The van der Waals surface area contributed by atoms with Crippen LogP contribution in [0.15, 0.2) is 12.1 Å². The molecular weight excluding hydrogens is 398 g/mol. The molecule has 32 heavy (non-hydrogen) atoms. The van der Waals surface area contributed by atoms with Crippen LogP contribution in [0.3, 0.4) is 0 Å². The van der Waals surface area contributed by atoms with Gasteiger partial charge in [0.25, 0.3) is 0 Å². The largest absolute Gasteiger partial charge is 0.203 e. The minimum atomic E-state index is -0.639. The number of fused-ring (bicyclic) bond motifs is 1. The van der Waals surface area contributed by atoms with Crippen molar-refractivity contribution in [2.24, 2.45) is 29.6 Å². The summed E-state index contributed by atoms with van der Waals surface area (Å²) >= 11 is 0. The van der Waals surface area contributed by atoms with Crippen LogP contribution in [0.25, 0.3) is 0 Å². The summed E-state index contributed by atoms with van der Waals surface area (Å²) in [5.74, 6) is 3.69. The van der Waals surface area contributed by atoms with Crippen molar-refractivity contribution < 1.29 is 8.78 Å². The maximum absolute atomic E-state index is 14.5. The molecule has 0 heterocycles. The van der Waals surface area contributed by atoms with Crippen LogP contribution in [0.2, 0.25) is 0 Å². The van der Waals surface area contributed by atoms with Gasteiger partial charge in [-0.25, -0.2) is 8.78 Å². The number of unbranched alkanes of at least 4 members (excludes halogenated alkanes) is 4. The fourth-order valence-corrected chi connectivity index (χ4v) is 7.63. The fraction of sp³-hybridized carbons (Fsp3) is 0.800. The molecule has 3 aliphatic rings. The lowest BCUT2D eigenvalue weighted by Gasteiger charge is -2.45. The molecule has 3 saturated carbocycles. The Morgan fingerprint density at radius 1 is 0.688 bits per heavy atom. The van der Waals surface area contributed by atoms with E-state index in [1.165, 1.54) is 89.9 Å². The van der Waals surface area contributed by atoms with Crippen molar-refractivity contribution >= 4 is 0 Å². The lowest BCUT2D eigenvalue weighted by molar-refractivity contribution is 0.0612. The van der Waals surface area contributed by atoms with Gasteiger partial charge in [0, 0.05) is 0 Å². The summed E-state index contributed by atoms with van der Waals surface area (Å²) in [6.07, 6.45) is 21.9. The molecule has 0 nitrogen and oxygen atoms in total. The first-order valence-electron chi connectivity index (χ1n) is 14.0. The molecule has 1 aromatic rings. The van der Waals surface area contributed by atoms with Crippen molar-refractivity contribution in [2.45, 2.75) is 122 Å². The van der Waals surface area contributed by atoms with Crippen LogP contribution >= 0.6 is 0 Å². The summed E-state index contributed by atoms with van der Waals surface area (Å²) in [5, 5.41) is 0. The Morgan fingerprint density at radius 2 is 1.31 bits per heavy atom. The van der Waals surface area contributed by atoms with E-state index in [9.17, 15) is 8.78 Å². The van der Waals surface area contributed by atoms with Crippen LogP contribution in [0.1, 0.15) is 127 Å². The van der Waals surface area contributed by atoms with E-state index in [4.69, 9.17) is 0 Å². The Labute approximate surface area is 196 Å². The Kier molecular flexibility index (Phi) is 8.68. The zero-order valence-corrected chi connectivity index (χ0v) is 20.7. The molecule has 1 aromatic carbocycles. The third kappa shape index (κ3) is 5.76. The zero-order chi connectivity index (χ0) is 22.5. The molecule has 0 aliphatic heterocycles. The number of halogens is 2. The Bertz CT molecular complexity index is 718. The van der Waals surface area contributed by atoms with Gasteiger partial charge in [-0.2, -0.15) is 0 Å². The molecule has 0 N–H and O–H groups in total. The van der Waals surface area contributed by atoms with Crippen molar-refractivity contribution in [3.05, 3.63) is 34.9 Å². The second kappa shape index (κ2) is 11.5. The average Bonchev–Trinajstić information content (AvgIpc) is 2.82. The number of benzene rings is 1. The van der Waals surface area contributed by atoms with E-state index in [-0.39, 0.29) is 5.92 Å². The second-order valence-corrected chi connectivity index (χ2v) is 11.7. The van der Waals surface area contributed by atoms with E-state index in [0.29, 0.717) is 11.1 Å². The van der Waals surface area contributed by atoms with Gasteiger partial charge in [-0.15, -0.1) is 0 Å². The standard InChI is InChI=1S/C30H46F2/c1-3-4-5-6-7-8-22-10-11-27-20-26(17-16-25(27)19-22)23-12-14-24(15-13-23)28-18-9-21(2)29(31)30(28)32/h9,18,22-27H,3-8,10-17,19-20H2,1-2H3. The van der Waals surface area contributed by atoms with Crippen LogP contribution in [0.5, 0.6) is 0 Å². The van der Waals surface area contributed by atoms with E-state index < -0.39 is 11.6 Å². The van der Waals surface area contributed by atoms with Crippen LogP contribution < -0.4 is 0 Å². The summed E-state index contributed by atoms with van der Waals surface area (Å²) in [4.78, 5) is 0. The van der Waals surface area contributed by atoms with Gasteiger partial charge in [0.05, 0.1) is 0 Å². The van der Waals surface area contributed by atoms with Gasteiger partial charge in [0.2, 0.25) is 0 Å². The van der Waals surface area contributed by atoms with Crippen LogP contribution in [0, 0.1) is 48.1 Å². The number of hydrogen-bond donors (Lipinski definition) is 0. The molecular formula is C30H46F2. The van der Waals surface area contributed by atoms with E-state index in [0.717, 1.165) is 42.4 Å². The van der Waals surface area contributed by atoms with Gasteiger partial charge in [-0.3, -0.25) is 0 Å². The van der Waals surface area contributed by atoms with Crippen LogP contribution in [-0.4, -0.2) is 0 Å². The monoisotopic (exact) mass is 444 g/mol. The van der Waals surface area contributed by atoms with E-state index in [2.05, 4.69) is 6.92 Å². The highest BCUT2D eigenvalue weighted by atomic mass is 19.2. The molecule has 4 rings (SSSR count).